The molecule has 0 aliphatic carbocycles. The van der Waals surface area contributed by atoms with Gasteiger partial charge in [0.05, 0.1) is 5.02 Å². The maximum atomic E-state index is 10.3. The molecule has 1 aromatic rings. The van der Waals surface area contributed by atoms with Crippen LogP contribution in [-0.2, 0) is 11.2 Å². The summed E-state index contributed by atoms with van der Waals surface area (Å²) in [6.45, 7) is 0. The highest BCUT2D eigenvalue weighted by Gasteiger charge is 2.09. The first-order valence-electron chi connectivity index (χ1n) is 3.89. The van der Waals surface area contributed by atoms with E-state index in [0.717, 1.165) is 0 Å². The molecular weight excluding hydrogens is 227 g/mol. The minimum Gasteiger partial charge on any atom is -0.506 e. The molecule has 0 aliphatic rings. The number of halogens is 2. The first-order chi connectivity index (χ1) is 6.50. The summed E-state index contributed by atoms with van der Waals surface area (Å²) in [5, 5.41) is 18.4. The van der Waals surface area contributed by atoms with Gasteiger partial charge in [-0.25, -0.2) is 0 Å². The molecule has 0 amide bonds. The van der Waals surface area contributed by atoms with Crippen LogP contribution < -0.4 is 0 Å². The number of aromatic hydroxyl groups is 1. The molecule has 0 radical (unpaired) electrons. The average Bonchev–Trinajstić information content (AvgIpc) is 2.08. The van der Waals surface area contributed by atoms with Gasteiger partial charge in [0.25, 0.3) is 0 Å². The number of phenolic OH excluding ortho intramolecular Hbond substituents is 1. The lowest BCUT2D eigenvalue weighted by molar-refractivity contribution is -0.136. The second-order valence-electron chi connectivity index (χ2n) is 2.79. The van der Waals surface area contributed by atoms with Crippen LogP contribution in [0.25, 0.3) is 0 Å². The third kappa shape index (κ3) is 2.79. The highest BCUT2D eigenvalue weighted by Crippen LogP contribution is 2.31. The molecule has 0 bridgehead atoms. The van der Waals surface area contributed by atoms with Crippen molar-refractivity contribution in [3.8, 4) is 5.75 Å². The molecule has 0 atom stereocenters. The number of aryl methyl sites for hydroxylation is 1. The molecule has 1 aromatic carbocycles. The standard InChI is InChI=1S/C9H8Cl2O3/c10-6-3-5(1-2-8(12)13)9(14)7(11)4-6/h3-4,14H,1-2H2,(H,12,13). The van der Waals surface area contributed by atoms with Gasteiger partial charge in [0.15, 0.2) is 0 Å². The molecule has 0 unspecified atom stereocenters. The minimum atomic E-state index is -0.930. The topological polar surface area (TPSA) is 57.5 Å². The summed E-state index contributed by atoms with van der Waals surface area (Å²) in [6.07, 6.45) is 0.145. The molecule has 76 valence electrons. The summed E-state index contributed by atoms with van der Waals surface area (Å²) >= 11 is 11.3. The van der Waals surface area contributed by atoms with E-state index in [1.54, 1.807) is 0 Å². The zero-order chi connectivity index (χ0) is 10.7. The predicted molar refractivity (Wildman–Crippen MR) is 54.1 cm³/mol. The Morgan fingerprint density at radius 1 is 1.36 bits per heavy atom. The number of hydrogen-bond acceptors (Lipinski definition) is 2. The fourth-order valence-corrected chi connectivity index (χ4v) is 1.59. The van der Waals surface area contributed by atoms with Crippen LogP contribution in [0.2, 0.25) is 10.0 Å². The number of carboxylic acids is 1. The van der Waals surface area contributed by atoms with Crippen LogP contribution in [0.1, 0.15) is 12.0 Å². The second-order valence-corrected chi connectivity index (χ2v) is 3.63. The molecule has 0 aliphatic heterocycles. The Bertz CT molecular complexity index is 363. The Morgan fingerprint density at radius 3 is 2.57 bits per heavy atom. The summed E-state index contributed by atoms with van der Waals surface area (Å²) in [6, 6.07) is 2.91. The van der Waals surface area contributed by atoms with E-state index >= 15 is 0 Å². The Hall–Kier alpha value is -0.930. The molecule has 0 saturated carbocycles. The molecule has 0 fully saturated rings. The fraction of sp³-hybridized carbons (Fsp3) is 0.222. The molecule has 0 spiro atoms. The number of carboxylic acid groups (broad SMARTS) is 1. The summed E-state index contributed by atoms with van der Waals surface area (Å²) in [5.74, 6) is -1.03. The smallest absolute Gasteiger partial charge is 0.303 e. The van der Waals surface area contributed by atoms with Gasteiger partial charge in [-0.05, 0) is 24.1 Å². The van der Waals surface area contributed by atoms with Gasteiger partial charge < -0.3 is 10.2 Å². The summed E-state index contributed by atoms with van der Waals surface area (Å²) in [7, 11) is 0. The van der Waals surface area contributed by atoms with Gasteiger partial charge in [-0.3, -0.25) is 4.79 Å². The summed E-state index contributed by atoms with van der Waals surface area (Å²) in [4.78, 5) is 10.3. The van der Waals surface area contributed by atoms with Crippen molar-refractivity contribution < 1.29 is 15.0 Å². The molecule has 2 N–H and O–H groups in total. The molecule has 3 nitrogen and oxygen atoms in total. The molecular formula is C9H8Cl2O3. The van der Waals surface area contributed by atoms with E-state index < -0.39 is 5.97 Å². The lowest BCUT2D eigenvalue weighted by Gasteiger charge is -2.05. The van der Waals surface area contributed by atoms with E-state index in [-0.39, 0.29) is 23.6 Å². The first-order valence-corrected chi connectivity index (χ1v) is 4.65. The van der Waals surface area contributed by atoms with Crippen LogP contribution >= 0.6 is 23.2 Å². The fourth-order valence-electron chi connectivity index (χ4n) is 1.05. The van der Waals surface area contributed by atoms with E-state index in [0.29, 0.717) is 10.6 Å². The van der Waals surface area contributed by atoms with Gasteiger partial charge >= 0.3 is 5.97 Å². The monoisotopic (exact) mass is 234 g/mol. The van der Waals surface area contributed by atoms with Crippen LogP contribution in [0, 0.1) is 0 Å². The van der Waals surface area contributed by atoms with Crippen LogP contribution in [0.3, 0.4) is 0 Å². The van der Waals surface area contributed by atoms with Crippen molar-refractivity contribution in [1.29, 1.82) is 0 Å². The van der Waals surface area contributed by atoms with Crippen molar-refractivity contribution in [3.63, 3.8) is 0 Å². The van der Waals surface area contributed by atoms with Gasteiger partial charge in [0.1, 0.15) is 5.75 Å². The van der Waals surface area contributed by atoms with Gasteiger partial charge in [0, 0.05) is 11.4 Å². The van der Waals surface area contributed by atoms with Gasteiger partial charge in [-0.2, -0.15) is 0 Å². The quantitative estimate of drug-likeness (QED) is 0.846. The zero-order valence-corrected chi connectivity index (χ0v) is 8.64. The third-order valence-corrected chi connectivity index (χ3v) is 2.22. The maximum absolute atomic E-state index is 10.3. The van der Waals surface area contributed by atoms with Crippen molar-refractivity contribution in [1.82, 2.24) is 0 Å². The highest BCUT2D eigenvalue weighted by molar-refractivity contribution is 6.35. The minimum absolute atomic E-state index is 0.0652. The van der Waals surface area contributed by atoms with Crippen LogP contribution in [0.15, 0.2) is 12.1 Å². The van der Waals surface area contributed by atoms with E-state index in [2.05, 4.69) is 0 Å². The van der Waals surface area contributed by atoms with Gasteiger partial charge in [-0.1, -0.05) is 23.2 Å². The number of phenols is 1. The van der Waals surface area contributed by atoms with Gasteiger partial charge in [0.2, 0.25) is 0 Å². The highest BCUT2D eigenvalue weighted by atomic mass is 35.5. The largest absolute Gasteiger partial charge is 0.506 e. The van der Waals surface area contributed by atoms with Crippen molar-refractivity contribution in [2.24, 2.45) is 0 Å². The summed E-state index contributed by atoms with van der Waals surface area (Å²) < 4.78 is 0. The second kappa shape index (κ2) is 4.53. The van der Waals surface area contributed by atoms with Crippen molar-refractivity contribution in [2.75, 3.05) is 0 Å². The van der Waals surface area contributed by atoms with E-state index in [1.165, 1.54) is 12.1 Å². The Kier molecular flexibility index (Phi) is 3.61. The first kappa shape index (κ1) is 11.1. The van der Waals surface area contributed by atoms with Crippen LogP contribution in [-0.4, -0.2) is 16.2 Å². The van der Waals surface area contributed by atoms with E-state index in [9.17, 15) is 9.90 Å². The lowest BCUT2D eigenvalue weighted by atomic mass is 10.1. The molecule has 5 heteroatoms. The molecule has 0 aromatic heterocycles. The number of rotatable bonds is 3. The van der Waals surface area contributed by atoms with Crippen LogP contribution in [0.4, 0.5) is 0 Å². The van der Waals surface area contributed by atoms with Gasteiger partial charge in [-0.15, -0.1) is 0 Å². The van der Waals surface area contributed by atoms with Crippen molar-refractivity contribution in [3.05, 3.63) is 27.7 Å². The summed E-state index contributed by atoms with van der Waals surface area (Å²) in [5.41, 5.74) is 0.449. The lowest BCUT2D eigenvalue weighted by Crippen LogP contribution is -1.97. The Morgan fingerprint density at radius 2 is 2.00 bits per heavy atom. The van der Waals surface area contributed by atoms with Crippen LogP contribution in [0.5, 0.6) is 5.75 Å². The normalized spacial score (nSPS) is 10.1. The molecule has 0 saturated heterocycles. The number of carbonyl (C=O) groups is 1. The molecule has 14 heavy (non-hydrogen) atoms. The van der Waals surface area contributed by atoms with Crippen molar-refractivity contribution in [2.45, 2.75) is 12.8 Å². The SMILES string of the molecule is O=C(O)CCc1cc(Cl)cc(Cl)c1O. The Labute approximate surface area is 90.9 Å². The Balaban J connectivity index is 2.90. The van der Waals surface area contributed by atoms with E-state index in [1.807, 2.05) is 0 Å². The molecule has 0 heterocycles. The molecule has 1 rings (SSSR count). The third-order valence-electron chi connectivity index (χ3n) is 1.72. The number of aliphatic carboxylic acids is 1. The zero-order valence-electron chi connectivity index (χ0n) is 7.13. The number of benzene rings is 1. The maximum Gasteiger partial charge on any atom is 0.303 e. The number of hydrogen-bond donors (Lipinski definition) is 2. The predicted octanol–water partition coefficient (Wildman–Crippen LogP) is 2.72. The van der Waals surface area contributed by atoms with Crippen molar-refractivity contribution >= 4 is 29.2 Å². The van der Waals surface area contributed by atoms with E-state index in [4.69, 9.17) is 28.3 Å². The average molecular weight is 235 g/mol.